The Hall–Kier alpha value is -3.12. The molecule has 1 amide bonds. The van der Waals surface area contributed by atoms with Crippen molar-refractivity contribution in [3.8, 4) is 17.0 Å². The predicted molar refractivity (Wildman–Crippen MR) is 109 cm³/mol. The lowest BCUT2D eigenvalue weighted by Gasteiger charge is -2.03. The highest BCUT2D eigenvalue weighted by Crippen LogP contribution is 2.28. The summed E-state index contributed by atoms with van der Waals surface area (Å²) in [4.78, 5) is 20.3. The fourth-order valence-electron chi connectivity index (χ4n) is 3.08. The van der Waals surface area contributed by atoms with Crippen LogP contribution in [0.25, 0.3) is 22.2 Å². The maximum atomic E-state index is 12.5. The van der Waals surface area contributed by atoms with Gasteiger partial charge in [0, 0.05) is 28.0 Å². The molecule has 0 atom stereocenters. The molecule has 2 aromatic carbocycles. The number of thiazole rings is 1. The van der Waals surface area contributed by atoms with Crippen LogP contribution in [-0.4, -0.2) is 23.0 Å². The number of ether oxygens (including phenoxy) is 1. The van der Waals surface area contributed by atoms with Crippen LogP contribution in [0.4, 0.5) is 5.13 Å². The van der Waals surface area contributed by atoms with Gasteiger partial charge in [0.1, 0.15) is 5.75 Å². The Morgan fingerprint density at radius 3 is 2.93 bits per heavy atom. The van der Waals surface area contributed by atoms with E-state index in [9.17, 15) is 4.79 Å². The Kier molecular flexibility index (Phi) is 4.64. The largest absolute Gasteiger partial charge is 0.497 e. The number of benzene rings is 2. The number of aromatic nitrogens is 2. The monoisotopic (exact) mass is 377 g/mol. The van der Waals surface area contributed by atoms with Gasteiger partial charge in [0.25, 0.3) is 0 Å². The third kappa shape index (κ3) is 3.57. The number of carbonyl (C=O) groups excluding carboxylic acids is 1. The molecule has 136 valence electrons. The average Bonchev–Trinajstić information content (AvgIpc) is 3.29. The van der Waals surface area contributed by atoms with Crippen molar-refractivity contribution >= 4 is 33.3 Å². The number of fused-ring (bicyclic) bond motifs is 1. The fourth-order valence-corrected chi connectivity index (χ4v) is 3.81. The van der Waals surface area contributed by atoms with Crippen LogP contribution < -0.4 is 10.1 Å². The number of amides is 1. The number of nitrogens with zero attached hydrogens (tertiary/aromatic N) is 1. The van der Waals surface area contributed by atoms with Crippen molar-refractivity contribution in [2.45, 2.75) is 13.3 Å². The van der Waals surface area contributed by atoms with Gasteiger partial charge in [-0.3, -0.25) is 4.79 Å². The molecule has 6 heteroatoms. The summed E-state index contributed by atoms with van der Waals surface area (Å²) in [7, 11) is 1.63. The molecule has 5 nitrogen and oxygen atoms in total. The summed E-state index contributed by atoms with van der Waals surface area (Å²) in [5.41, 5.74) is 5.03. The van der Waals surface area contributed by atoms with Crippen LogP contribution in [0, 0.1) is 6.92 Å². The molecule has 2 N–H and O–H groups in total. The highest BCUT2D eigenvalue weighted by Gasteiger charge is 2.13. The molecule has 0 aliphatic carbocycles. The molecule has 2 aromatic heterocycles. The van der Waals surface area contributed by atoms with Crippen LogP contribution in [0.3, 0.4) is 0 Å². The van der Waals surface area contributed by atoms with Crippen LogP contribution in [0.15, 0.2) is 54.0 Å². The minimum absolute atomic E-state index is 0.0931. The predicted octanol–water partition coefficient (Wildman–Crippen LogP) is 4.79. The molecule has 27 heavy (non-hydrogen) atoms. The number of hydrogen-bond donors (Lipinski definition) is 2. The second-order valence-corrected chi connectivity index (χ2v) is 7.16. The lowest BCUT2D eigenvalue weighted by atomic mass is 10.1. The number of H-pyrrole nitrogens is 1. The molecule has 0 radical (unpaired) electrons. The van der Waals surface area contributed by atoms with Crippen molar-refractivity contribution in [3.05, 3.63) is 65.2 Å². The molecular formula is C21H19N3O2S. The molecule has 0 aliphatic rings. The second kappa shape index (κ2) is 7.25. The molecular weight excluding hydrogens is 358 g/mol. The van der Waals surface area contributed by atoms with Crippen molar-refractivity contribution in [2.24, 2.45) is 0 Å². The summed E-state index contributed by atoms with van der Waals surface area (Å²) in [6.07, 6.45) is 2.14. The van der Waals surface area contributed by atoms with Crippen LogP contribution in [-0.2, 0) is 11.2 Å². The molecule has 0 saturated carbocycles. The topological polar surface area (TPSA) is 67.0 Å². The zero-order valence-electron chi connectivity index (χ0n) is 15.1. The van der Waals surface area contributed by atoms with Gasteiger partial charge in [-0.2, -0.15) is 0 Å². The Morgan fingerprint density at radius 1 is 1.26 bits per heavy atom. The molecule has 4 aromatic rings. The number of aromatic amines is 1. The van der Waals surface area contributed by atoms with E-state index in [1.807, 2.05) is 48.0 Å². The molecule has 0 spiro atoms. The van der Waals surface area contributed by atoms with Crippen molar-refractivity contribution in [1.29, 1.82) is 0 Å². The van der Waals surface area contributed by atoms with Crippen LogP contribution in [0.5, 0.6) is 5.75 Å². The van der Waals surface area contributed by atoms with Crippen molar-refractivity contribution in [1.82, 2.24) is 9.97 Å². The van der Waals surface area contributed by atoms with Crippen molar-refractivity contribution in [2.75, 3.05) is 12.4 Å². The van der Waals surface area contributed by atoms with E-state index >= 15 is 0 Å². The third-order valence-electron chi connectivity index (χ3n) is 4.50. The highest BCUT2D eigenvalue weighted by atomic mass is 32.1. The summed E-state index contributed by atoms with van der Waals surface area (Å²) < 4.78 is 5.28. The average molecular weight is 377 g/mol. The fraction of sp³-hybridized carbons (Fsp3) is 0.143. The number of aryl methyl sites for hydroxylation is 1. The summed E-state index contributed by atoms with van der Waals surface area (Å²) >= 11 is 1.43. The van der Waals surface area contributed by atoms with E-state index in [-0.39, 0.29) is 12.3 Å². The minimum Gasteiger partial charge on any atom is -0.497 e. The van der Waals surface area contributed by atoms with Crippen LogP contribution >= 0.6 is 11.3 Å². The van der Waals surface area contributed by atoms with E-state index in [2.05, 4.69) is 28.3 Å². The SMILES string of the molecule is COc1ccc2[nH]cc(CC(=O)Nc3nc(-c4ccccc4C)cs3)c2c1. The van der Waals surface area contributed by atoms with Crippen molar-refractivity contribution < 1.29 is 9.53 Å². The van der Waals surface area contributed by atoms with Crippen LogP contribution in [0.2, 0.25) is 0 Å². The lowest BCUT2D eigenvalue weighted by molar-refractivity contribution is -0.115. The second-order valence-electron chi connectivity index (χ2n) is 6.30. The molecule has 4 rings (SSSR count). The standard InChI is InChI=1S/C21H19N3O2S/c1-13-5-3-4-6-16(13)19-12-27-21(23-19)24-20(25)9-14-11-22-18-8-7-15(26-2)10-17(14)18/h3-8,10-12,22H,9H2,1-2H3,(H,23,24,25). The first-order chi connectivity index (χ1) is 13.1. The molecule has 2 heterocycles. The maximum Gasteiger partial charge on any atom is 0.230 e. The Labute approximate surface area is 161 Å². The zero-order chi connectivity index (χ0) is 18.8. The number of hydrogen-bond acceptors (Lipinski definition) is 4. The van der Waals surface area contributed by atoms with Gasteiger partial charge >= 0.3 is 0 Å². The van der Waals surface area contributed by atoms with Crippen molar-refractivity contribution in [3.63, 3.8) is 0 Å². The first-order valence-corrected chi connectivity index (χ1v) is 9.47. The zero-order valence-corrected chi connectivity index (χ0v) is 15.9. The Morgan fingerprint density at radius 2 is 2.11 bits per heavy atom. The molecule has 0 bridgehead atoms. The van der Waals surface area contributed by atoms with Gasteiger partial charge in [-0.15, -0.1) is 11.3 Å². The Bertz CT molecular complexity index is 1110. The van der Waals surface area contributed by atoms with Gasteiger partial charge in [0.05, 0.1) is 19.2 Å². The van der Waals surface area contributed by atoms with Crippen LogP contribution in [0.1, 0.15) is 11.1 Å². The van der Waals surface area contributed by atoms with Gasteiger partial charge in [-0.1, -0.05) is 24.3 Å². The number of rotatable bonds is 5. The maximum absolute atomic E-state index is 12.5. The number of methoxy groups -OCH3 is 1. The first-order valence-electron chi connectivity index (χ1n) is 8.59. The number of nitrogens with one attached hydrogen (secondary N) is 2. The number of carbonyl (C=O) groups is 1. The summed E-state index contributed by atoms with van der Waals surface area (Å²) in [5, 5.41) is 6.47. The van der Waals surface area contributed by atoms with Gasteiger partial charge < -0.3 is 15.0 Å². The normalized spacial score (nSPS) is 10.9. The lowest BCUT2D eigenvalue weighted by Crippen LogP contribution is -2.14. The van der Waals surface area contributed by atoms with E-state index in [1.54, 1.807) is 7.11 Å². The van der Waals surface area contributed by atoms with Gasteiger partial charge in [0.15, 0.2) is 5.13 Å². The van der Waals surface area contributed by atoms with E-state index in [0.29, 0.717) is 5.13 Å². The molecule has 0 saturated heterocycles. The van der Waals surface area contributed by atoms with E-state index in [4.69, 9.17) is 4.74 Å². The summed E-state index contributed by atoms with van der Waals surface area (Å²) in [5.74, 6) is 0.677. The molecule has 0 fully saturated rings. The molecule has 0 aliphatic heterocycles. The van der Waals surface area contributed by atoms with E-state index in [0.717, 1.165) is 39.0 Å². The highest BCUT2D eigenvalue weighted by molar-refractivity contribution is 7.14. The van der Waals surface area contributed by atoms with E-state index in [1.165, 1.54) is 11.3 Å². The summed E-state index contributed by atoms with van der Waals surface area (Å²) in [6, 6.07) is 13.9. The molecule has 0 unspecified atom stereocenters. The van der Waals surface area contributed by atoms with E-state index < -0.39 is 0 Å². The Balaban J connectivity index is 1.50. The first kappa shape index (κ1) is 17.3. The third-order valence-corrected chi connectivity index (χ3v) is 5.25. The van der Waals surface area contributed by atoms with Gasteiger partial charge in [-0.25, -0.2) is 4.98 Å². The quantitative estimate of drug-likeness (QED) is 0.525. The smallest absolute Gasteiger partial charge is 0.230 e. The summed E-state index contributed by atoms with van der Waals surface area (Å²) in [6.45, 7) is 2.05. The minimum atomic E-state index is -0.0931. The number of anilines is 1. The van der Waals surface area contributed by atoms with Gasteiger partial charge in [-0.05, 0) is 36.2 Å². The van der Waals surface area contributed by atoms with Gasteiger partial charge in [0.2, 0.25) is 5.91 Å².